The highest BCUT2D eigenvalue weighted by molar-refractivity contribution is 7.47. The van der Waals surface area contributed by atoms with E-state index in [0.29, 0.717) is 23.9 Å². The van der Waals surface area contributed by atoms with Crippen LogP contribution in [0.4, 0.5) is 0 Å². The van der Waals surface area contributed by atoms with Crippen LogP contribution in [0.25, 0.3) is 0 Å². The summed E-state index contributed by atoms with van der Waals surface area (Å²) >= 11 is 0. The van der Waals surface area contributed by atoms with Gasteiger partial charge in [0, 0.05) is 12.8 Å². The lowest BCUT2D eigenvalue weighted by atomic mass is 10.1. The van der Waals surface area contributed by atoms with Crippen molar-refractivity contribution in [3.05, 3.63) is 97.2 Å². The van der Waals surface area contributed by atoms with E-state index in [2.05, 4.69) is 105 Å². The van der Waals surface area contributed by atoms with Crippen LogP contribution in [0, 0.1) is 0 Å². The van der Waals surface area contributed by atoms with Gasteiger partial charge in [0.05, 0.1) is 33.8 Å². The number of carbonyl (C=O) groups is 2. The number of hydrogen-bond donors (Lipinski definition) is 2. The fourth-order valence-electron chi connectivity index (χ4n) is 7.25. The maximum atomic E-state index is 13.4. The first-order valence-corrected chi connectivity index (χ1v) is 29.1. The molecule has 10 heteroatoms. The van der Waals surface area contributed by atoms with Gasteiger partial charge >= 0.3 is 13.8 Å². The SMILES string of the molecule is CC/C=C\C/C=C\C/C=C\C/C=C\C/C=C\CCCCCC(=O)OC(/C=C\CCCCCCCCCCC)C(COP(=O)(O)OCC[N+](C)(C)C)NC(=O)CC/C=C/C/C=C\CCCCCCCC. The summed E-state index contributed by atoms with van der Waals surface area (Å²) < 4.78 is 30.5. The van der Waals surface area contributed by atoms with Crippen molar-refractivity contribution in [1.29, 1.82) is 0 Å². The average molecular weight is 984 g/mol. The summed E-state index contributed by atoms with van der Waals surface area (Å²) in [6.07, 6.45) is 64.2. The molecule has 0 aromatic heterocycles. The fraction of sp³-hybridized carbons (Fsp3) is 0.695. The van der Waals surface area contributed by atoms with Gasteiger partial charge in [0.25, 0.3) is 0 Å². The molecule has 3 atom stereocenters. The zero-order chi connectivity index (χ0) is 50.8. The predicted molar refractivity (Wildman–Crippen MR) is 295 cm³/mol. The first-order chi connectivity index (χ1) is 33.4. The van der Waals surface area contributed by atoms with Gasteiger partial charge in [-0.25, -0.2) is 4.57 Å². The van der Waals surface area contributed by atoms with E-state index < -0.39 is 20.0 Å². The number of carbonyl (C=O) groups excluding carboxylic acids is 2. The Hall–Kier alpha value is -3.07. The van der Waals surface area contributed by atoms with E-state index in [4.69, 9.17) is 13.8 Å². The van der Waals surface area contributed by atoms with Crippen LogP contribution in [-0.2, 0) is 27.9 Å². The minimum Gasteiger partial charge on any atom is -0.456 e. The predicted octanol–water partition coefficient (Wildman–Crippen LogP) is 16.4. The molecule has 0 heterocycles. The molecule has 0 fully saturated rings. The average Bonchev–Trinajstić information content (AvgIpc) is 3.31. The second kappa shape index (κ2) is 48.6. The third-order valence-electron chi connectivity index (χ3n) is 11.5. The molecule has 0 rings (SSSR count). The topological polar surface area (TPSA) is 111 Å². The molecule has 69 heavy (non-hydrogen) atoms. The molecule has 0 aromatic carbocycles. The Balaban J connectivity index is 5.47. The standard InChI is InChI=1S/C59H103N2O7P/c1-7-10-13-16-19-22-25-27-28-29-30-31-32-34-37-40-43-46-49-52-59(63)68-57(50-47-44-41-38-35-24-21-18-15-12-9-3)56(55-67-69(64,65)66-54-53-61(4,5)6)60-58(62)51-48-45-42-39-36-33-26-23-20-17-14-11-8-2/h10,13,19,22,27-28,30-31,33-34,36-37,42,45,47,50,56-57H,7-9,11-12,14-18,20-21,23-26,29,32,35,38-41,43-44,46,48-49,51-55H2,1-6H3,(H-,60,62,64,65)/p+1/b13-10-,22-19-,28-27-,31-30-,36-33-,37-34-,45-42+,50-47-. The molecule has 1 amide bonds. The van der Waals surface area contributed by atoms with Crippen molar-refractivity contribution >= 4 is 19.7 Å². The van der Waals surface area contributed by atoms with Crippen molar-refractivity contribution < 1.29 is 37.3 Å². The number of amides is 1. The molecular formula is C59H104N2O7P+. The fourth-order valence-corrected chi connectivity index (χ4v) is 7.99. The third-order valence-corrected chi connectivity index (χ3v) is 12.5. The number of nitrogens with one attached hydrogen (secondary N) is 1. The molecule has 9 nitrogen and oxygen atoms in total. The van der Waals surface area contributed by atoms with Crippen LogP contribution in [0.15, 0.2) is 97.2 Å². The first kappa shape index (κ1) is 65.9. The van der Waals surface area contributed by atoms with Crippen molar-refractivity contribution in [2.45, 2.75) is 226 Å². The Morgan fingerprint density at radius 2 is 0.942 bits per heavy atom. The Morgan fingerprint density at radius 3 is 1.42 bits per heavy atom. The highest BCUT2D eigenvalue weighted by Gasteiger charge is 2.30. The first-order valence-electron chi connectivity index (χ1n) is 27.6. The Bertz CT molecular complexity index is 1510. The Kier molecular flexibility index (Phi) is 46.4. The molecule has 2 N–H and O–H groups in total. The number of esters is 1. The lowest BCUT2D eigenvalue weighted by molar-refractivity contribution is -0.870. The highest BCUT2D eigenvalue weighted by Crippen LogP contribution is 2.43. The Labute approximate surface area is 424 Å². The van der Waals surface area contributed by atoms with Crippen molar-refractivity contribution in [2.75, 3.05) is 40.9 Å². The summed E-state index contributed by atoms with van der Waals surface area (Å²) in [5.41, 5.74) is 0. The maximum Gasteiger partial charge on any atom is 0.472 e. The number of likely N-dealkylation sites (N-methyl/N-ethyl adjacent to an activating group) is 1. The number of phosphoric ester groups is 1. The van der Waals surface area contributed by atoms with Crippen molar-refractivity contribution in [3.63, 3.8) is 0 Å². The number of hydrogen-bond acceptors (Lipinski definition) is 6. The molecule has 0 radical (unpaired) electrons. The number of unbranched alkanes of at least 4 members (excludes halogenated alkanes) is 18. The van der Waals surface area contributed by atoms with Gasteiger partial charge in [0.15, 0.2) is 0 Å². The summed E-state index contributed by atoms with van der Waals surface area (Å²) in [6.45, 7) is 6.79. The molecule has 0 bridgehead atoms. The van der Waals surface area contributed by atoms with E-state index in [-0.39, 0.29) is 37.9 Å². The minimum absolute atomic E-state index is 0.0208. The summed E-state index contributed by atoms with van der Waals surface area (Å²) in [5, 5.41) is 2.99. The summed E-state index contributed by atoms with van der Waals surface area (Å²) in [4.78, 5) is 37.4. The van der Waals surface area contributed by atoms with E-state index in [9.17, 15) is 19.0 Å². The largest absolute Gasteiger partial charge is 0.472 e. The molecule has 0 saturated heterocycles. The number of phosphoric acid groups is 1. The smallest absolute Gasteiger partial charge is 0.456 e. The van der Waals surface area contributed by atoms with Crippen molar-refractivity contribution in [2.24, 2.45) is 0 Å². The van der Waals surface area contributed by atoms with Crippen LogP contribution in [0.5, 0.6) is 0 Å². The van der Waals surface area contributed by atoms with Gasteiger partial charge < -0.3 is 19.4 Å². The van der Waals surface area contributed by atoms with Gasteiger partial charge in [-0.1, -0.05) is 202 Å². The van der Waals surface area contributed by atoms with Gasteiger partial charge in [-0.3, -0.25) is 18.6 Å². The number of allylic oxidation sites excluding steroid dienone is 15. The molecule has 0 spiro atoms. The zero-order valence-corrected chi connectivity index (χ0v) is 45.9. The van der Waals surface area contributed by atoms with Crippen LogP contribution in [0.3, 0.4) is 0 Å². The minimum atomic E-state index is -4.47. The van der Waals surface area contributed by atoms with Gasteiger partial charge in [0.1, 0.15) is 19.3 Å². The van der Waals surface area contributed by atoms with Crippen molar-refractivity contribution in [1.82, 2.24) is 5.32 Å². The van der Waals surface area contributed by atoms with Crippen LogP contribution in [-0.4, -0.2) is 74.3 Å². The second-order valence-electron chi connectivity index (χ2n) is 19.4. The Morgan fingerprint density at radius 1 is 0.522 bits per heavy atom. The van der Waals surface area contributed by atoms with Crippen LogP contribution < -0.4 is 5.32 Å². The number of nitrogens with zero attached hydrogens (tertiary/aromatic N) is 1. The molecule has 0 aromatic rings. The normalized spacial score (nSPS) is 14.6. The number of ether oxygens (including phenoxy) is 1. The van der Waals surface area contributed by atoms with E-state index in [1.165, 1.54) is 83.5 Å². The molecule has 396 valence electrons. The van der Waals surface area contributed by atoms with E-state index in [0.717, 1.165) is 83.5 Å². The zero-order valence-electron chi connectivity index (χ0n) is 45.0. The summed E-state index contributed by atoms with van der Waals surface area (Å²) in [7, 11) is 1.43. The van der Waals surface area contributed by atoms with Crippen LogP contribution >= 0.6 is 7.82 Å². The monoisotopic (exact) mass is 984 g/mol. The van der Waals surface area contributed by atoms with E-state index >= 15 is 0 Å². The lowest BCUT2D eigenvalue weighted by Crippen LogP contribution is -2.47. The van der Waals surface area contributed by atoms with Gasteiger partial charge in [-0.2, -0.15) is 0 Å². The van der Waals surface area contributed by atoms with Crippen molar-refractivity contribution in [3.8, 4) is 0 Å². The number of rotatable bonds is 48. The molecule has 0 aliphatic rings. The summed E-state index contributed by atoms with van der Waals surface area (Å²) in [5.74, 6) is -0.630. The second-order valence-corrected chi connectivity index (χ2v) is 20.8. The third kappa shape index (κ3) is 49.7. The quantitative estimate of drug-likeness (QED) is 0.0205. The molecule has 3 unspecified atom stereocenters. The molecular weight excluding hydrogens is 880 g/mol. The van der Waals surface area contributed by atoms with Gasteiger partial charge in [0.2, 0.25) is 5.91 Å². The van der Waals surface area contributed by atoms with Gasteiger partial charge in [-0.15, -0.1) is 0 Å². The maximum absolute atomic E-state index is 13.4. The molecule has 0 aliphatic carbocycles. The highest BCUT2D eigenvalue weighted by atomic mass is 31.2. The van der Waals surface area contributed by atoms with Gasteiger partial charge in [-0.05, 0) is 96.0 Å². The molecule has 0 aliphatic heterocycles. The summed E-state index contributed by atoms with van der Waals surface area (Å²) in [6, 6.07) is -0.896. The van der Waals surface area contributed by atoms with Crippen LogP contribution in [0.2, 0.25) is 0 Å². The van der Waals surface area contributed by atoms with Crippen LogP contribution in [0.1, 0.15) is 213 Å². The van der Waals surface area contributed by atoms with E-state index in [1.807, 2.05) is 39.4 Å². The lowest BCUT2D eigenvalue weighted by Gasteiger charge is -2.27. The van der Waals surface area contributed by atoms with E-state index in [1.54, 1.807) is 0 Å². The molecule has 0 saturated carbocycles. The number of quaternary nitrogens is 1.